The lowest BCUT2D eigenvalue weighted by atomic mass is 10.0. The molecule has 2 N–H and O–H groups in total. The third-order valence-electron chi connectivity index (χ3n) is 3.30. The van der Waals surface area contributed by atoms with Crippen LogP contribution in [0.4, 0.5) is 0 Å². The highest BCUT2D eigenvalue weighted by molar-refractivity contribution is 5.98. The number of likely N-dealkylation sites (tertiary alicyclic amines) is 1. The van der Waals surface area contributed by atoms with E-state index < -0.39 is 18.1 Å². The van der Waals surface area contributed by atoms with Gasteiger partial charge in [-0.05, 0) is 18.4 Å². The Labute approximate surface area is 111 Å². The fourth-order valence-corrected chi connectivity index (χ4v) is 2.13. The van der Waals surface area contributed by atoms with Gasteiger partial charge in [0.05, 0.1) is 6.10 Å². The smallest absolute Gasteiger partial charge is 0.260 e. The van der Waals surface area contributed by atoms with Gasteiger partial charge in [0.25, 0.3) is 5.91 Å². The number of aryl methyl sites for hydroxylation is 1. The minimum atomic E-state index is -1.48. The molecule has 1 aliphatic rings. The number of nitrogens with zero attached hydrogens (tertiary/aromatic N) is 1. The van der Waals surface area contributed by atoms with E-state index in [0.717, 1.165) is 10.5 Å². The predicted molar refractivity (Wildman–Crippen MR) is 68.1 cm³/mol. The number of rotatable bonds is 3. The Morgan fingerprint density at radius 3 is 2.63 bits per heavy atom. The number of amides is 2. The van der Waals surface area contributed by atoms with Gasteiger partial charge in [0, 0.05) is 13.0 Å². The average Bonchev–Trinajstić information content (AvgIpc) is 2.43. The molecule has 1 heterocycles. The second kappa shape index (κ2) is 5.95. The lowest BCUT2D eigenvalue weighted by Gasteiger charge is -2.31. The van der Waals surface area contributed by atoms with Crippen molar-refractivity contribution in [3.63, 3.8) is 0 Å². The number of piperidine rings is 1. The van der Waals surface area contributed by atoms with Gasteiger partial charge in [-0.3, -0.25) is 14.5 Å². The van der Waals surface area contributed by atoms with Crippen LogP contribution in [0.15, 0.2) is 30.3 Å². The summed E-state index contributed by atoms with van der Waals surface area (Å²) >= 11 is 0. The standard InChI is InChI=1S/C14H17NO4/c16-11-8-9-15(14(19)13(11)18)12(17)7-6-10-4-2-1-3-5-10/h1-5,11,13,16,18H,6-9H2/t11-,13+/m1/s1. The fraction of sp³-hybridized carbons (Fsp3) is 0.429. The molecule has 0 radical (unpaired) electrons. The molecule has 1 aliphatic heterocycles. The first-order valence-corrected chi connectivity index (χ1v) is 6.34. The summed E-state index contributed by atoms with van der Waals surface area (Å²) in [4.78, 5) is 24.7. The van der Waals surface area contributed by atoms with Crippen LogP contribution in [-0.2, 0) is 16.0 Å². The Kier molecular flexibility index (Phi) is 4.29. The van der Waals surface area contributed by atoms with Gasteiger partial charge in [-0.15, -0.1) is 0 Å². The molecule has 0 spiro atoms. The molecule has 2 rings (SSSR count). The quantitative estimate of drug-likeness (QED) is 0.811. The zero-order chi connectivity index (χ0) is 13.8. The van der Waals surface area contributed by atoms with Gasteiger partial charge in [0.15, 0.2) is 6.10 Å². The summed E-state index contributed by atoms with van der Waals surface area (Å²) in [6.45, 7) is 0.171. The van der Waals surface area contributed by atoms with Crippen LogP contribution in [0, 0.1) is 0 Å². The monoisotopic (exact) mass is 263 g/mol. The highest BCUT2D eigenvalue weighted by Crippen LogP contribution is 2.14. The van der Waals surface area contributed by atoms with Gasteiger partial charge in [-0.25, -0.2) is 0 Å². The highest BCUT2D eigenvalue weighted by atomic mass is 16.3. The molecule has 5 nitrogen and oxygen atoms in total. The summed E-state index contributed by atoms with van der Waals surface area (Å²) in [5, 5.41) is 18.8. The van der Waals surface area contributed by atoms with Gasteiger partial charge in [0.1, 0.15) is 0 Å². The number of aliphatic hydroxyl groups is 2. The highest BCUT2D eigenvalue weighted by Gasteiger charge is 2.36. The van der Waals surface area contributed by atoms with Crippen LogP contribution in [-0.4, -0.2) is 45.7 Å². The maximum absolute atomic E-state index is 11.9. The van der Waals surface area contributed by atoms with E-state index in [2.05, 4.69) is 0 Å². The number of hydrogen-bond acceptors (Lipinski definition) is 4. The van der Waals surface area contributed by atoms with Crippen LogP contribution >= 0.6 is 0 Å². The van der Waals surface area contributed by atoms with Crippen LogP contribution in [0.1, 0.15) is 18.4 Å². The molecule has 1 aromatic rings. The van der Waals surface area contributed by atoms with E-state index in [9.17, 15) is 19.8 Å². The molecule has 0 saturated carbocycles. The van der Waals surface area contributed by atoms with Crippen molar-refractivity contribution >= 4 is 11.8 Å². The number of carbonyl (C=O) groups is 2. The molecule has 2 atom stereocenters. The molecule has 1 fully saturated rings. The first kappa shape index (κ1) is 13.7. The van der Waals surface area contributed by atoms with Crippen LogP contribution in [0.25, 0.3) is 0 Å². The summed E-state index contributed by atoms with van der Waals surface area (Å²) in [7, 11) is 0. The average molecular weight is 263 g/mol. The Morgan fingerprint density at radius 2 is 1.95 bits per heavy atom. The van der Waals surface area contributed by atoms with Gasteiger partial charge in [-0.2, -0.15) is 0 Å². The molecule has 2 amide bonds. The Morgan fingerprint density at radius 1 is 1.26 bits per heavy atom. The molecule has 19 heavy (non-hydrogen) atoms. The van der Waals surface area contributed by atoms with Crippen molar-refractivity contribution in [3.8, 4) is 0 Å². The van der Waals surface area contributed by atoms with Gasteiger partial charge in [0.2, 0.25) is 5.91 Å². The lowest BCUT2D eigenvalue weighted by molar-refractivity contribution is -0.160. The Balaban J connectivity index is 1.92. The number of benzene rings is 1. The van der Waals surface area contributed by atoms with Crippen molar-refractivity contribution < 1.29 is 19.8 Å². The zero-order valence-electron chi connectivity index (χ0n) is 10.5. The fourth-order valence-electron chi connectivity index (χ4n) is 2.13. The van der Waals surface area contributed by atoms with Crippen molar-refractivity contribution in [2.45, 2.75) is 31.5 Å². The third kappa shape index (κ3) is 3.19. The molecular weight excluding hydrogens is 246 g/mol. The largest absolute Gasteiger partial charge is 0.390 e. The zero-order valence-corrected chi connectivity index (χ0v) is 10.5. The second-order valence-electron chi connectivity index (χ2n) is 4.67. The topological polar surface area (TPSA) is 77.8 Å². The van der Waals surface area contributed by atoms with Crippen LogP contribution in [0.2, 0.25) is 0 Å². The number of hydrogen-bond donors (Lipinski definition) is 2. The van der Waals surface area contributed by atoms with Gasteiger partial charge in [-0.1, -0.05) is 30.3 Å². The summed E-state index contributed by atoms with van der Waals surface area (Å²) in [5.41, 5.74) is 1.03. The van der Waals surface area contributed by atoms with Crippen molar-refractivity contribution in [1.29, 1.82) is 0 Å². The third-order valence-corrected chi connectivity index (χ3v) is 3.30. The second-order valence-corrected chi connectivity index (χ2v) is 4.67. The first-order valence-electron chi connectivity index (χ1n) is 6.34. The number of aliphatic hydroxyl groups excluding tert-OH is 2. The van der Waals surface area contributed by atoms with E-state index in [0.29, 0.717) is 6.42 Å². The van der Waals surface area contributed by atoms with Crippen molar-refractivity contribution in [1.82, 2.24) is 4.90 Å². The maximum atomic E-state index is 11.9. The van der Waals surface area contributed by atoms with Gasteiger partial charge < -0.3 is 10.2 Å². The normalized spacial score (nSPS) is 23.5. The molecule has 0 bridgehead atoms. The molecule has 1 aromatic carbocycles. The molecule has 102 valence electrons. The van der Waals surface area contributed by atoms with E-state index in [1.807, 2.05) is 30.3 Å². The summed E-state index contributed by atoms with van der Waals surface area (Å²) < 4.78 is 0. The van der Waals surface area contributed by atoms with Crippen molar-refractivity contribution in [3.05, 3.63) is 35.9 Å². The molecule has 0 unspecified atom stereocenters. The van der Waals surface area contributed by atoms with E-state index in [-0.39, 0.29) is 25.3 Å². The Hall–Kier alpha value is -1.72. The minimum Gasteiger partial charge on any atom is -0.390 e. The Bertz CT molecular complexity index is 460. The first-order chi connectivity index (χ1) is 9.09. The number of imide groups is 1. The molecule has 0 aromatic heterocycles. The van der Waals surface area contributed by atoms with Crippen LogP contribution in [0.3, 0.4) is 0 Å². The molecule has 0 aliphatic carbocycles. The molecular formula is C14H17NO4. The number of carbonyl (C=O) groups excluding carboxylic acids is 2. The predicted octanol–water partition coefficient (Wildman–Crippen LogP) is 0.0999. The van der Waals surface area contributed by atoms with Gasteiger partial charge >= 0.3 is 0 Å². The van der Waals surface area contributed by atoms with E-state index in [1.54, 1.807) is 0 Å². The molecule has 5 heteroatoms. The molecule has 1 saturated heterocycles. The summed E-state index contributed by atoms with van der Waals surface area (Å²) in [6.07, 6.45) is -1.54. The van der Waals surface area contributed by atoms with Crippen LogP contribution in [0.5, 0.6) is 0 Å². The van der Waals surface area contributed by atoms with Crippen molar-refractivity contribution in [2.24, 2.45) is 0 Å². The van der Waals surface area contributed by atoms with E-state index >= 15 is 0 Å². The minimum absolute atomic E-state index is 0.171. The SMILES string of the molecule is O=C(CCc1ccccc1)N1CC[C@@H](O)[C@H](O)C1=O. The lowest BCUT2D eigenvalue weighted by Crippen LogP contribution is -2.53. The van der Waals surface area contributed by atoms with E-state index in [4.69, 9.17) is 0 Å². The van der Waals surface area contributed by atoms with Crippen LogP contribution < -0.4 is 0 Å². The summed E-state index contributed by atoms with van der Waals surface area (Å²) in [5.74, 6) is -1.00. The van der Waals surface area contributed by atoms with E-state index in [1.165, 1.54) is 0 Å². The summed E-state index contributed by atoms with van der Waals surface area (Å²) in [6, 6.07) is 9.53. The maximum Gasteiger partial charge on any atom is 0.260 e. The van der Waals surface area contributed by atoms with Crippen molar-refractivity contribution in [2.75, 3.05) is 6.54 Å².